The summed E-state index contributed by atoms with van der Waals surface area (Å²) in [5.41, 5.74) is -9.09. The standard InChI is InChI=1S/C43H47ClF6O9/c1-26(21-23-31-35(52)32(25-51)28(3)34(44)36(31)53)15-14-16-27(2)22-24-33(58-37(54)40(56-6,42(45,46)47)29-17-10-8-11-18-29)39(4,5)59-38(55)41(57-7,43(48,49)50)30-19-12-9-13-20-30/h8-13,16-21,25,33,52-53H,14-15,22-24H2,1-7H3/b26-21+,27-16+/t33-,40+,41+/m0/s1. The lowest BCUT2D eigenvalue weighted by atomic mass is 9.90. The first-order chi connectivity index (χ1) is 27.5. The van der Waals surface area contributed by atoms with E-state index >= 15 is 0 Å². The fraction of sp³-hybridized carbons (Fsp3) is 0.419. The highest BCUT2D eigenvalue weighted by molar-refractivity contribution is 6.33. The molecule has 9 nitrogen and oxygen atoms in total. The first-order valence-corrected chi connectivity index (χ1v) is 18.6. The van der Waals surface area contributed by atoms with Crippen LogP contribution in [-0.2, 0) is 46.2 Å². The van der Waals surface area contributed by atoms with Gasteiger partial charge in [-0.2, -0.15) is 26.3 Å². The number of halogens is 7. The van der Waals surface area contributed by atoms with Crippen molar-refractivity contribution >= 4 is 29.8 Å². The average molecular weight is 857 g/mol. The summed E-state index contributed by atoms with van der Waals surface area (Å²) in [5.74, 6) is -4.65. The molecule has 3 aromatic rings. The molecular formula is C43H47ClF6O9. The number of benzene rings is 3. The largest absolute Gasteiger partial charge is 0.507 e. The van der Waals surface area contributed by atoms with Crippen LogP contribution >= 0.6 is 11.6 Å². The van der Waals surface area contributed by atoms with E-state index < -0.39 is 64.1 Å². The Morgan fingerprint density at radius 1 is 0.763 bits per heavy atom. The van der Waals surface area contributed by atoms with Gasteiger partial charge in [0, 0.05) is 30.9 Å². The molecule has 0 aliphatic heterocycles. The van der Waals surface area contributed by atoms with Gasteiger partial charge in [0.25, 0.3) is 11.2 Å². The number of aldehydes is 1. The van der Waals surface area contributed by atoms with Crippen molar-refractivity contribution < 1.29 is 69.9 Å². The average Bonchev–Trinajstić information content (AvgIpc) is 3.16. The van der Waals surface area contributed by atoms with Crippen molar-refractivity contribution in [3.8, 4) is 11.5 Å². The maximum atomic E-state index is 14.9. The number of methoxy groups -OCH3 is 2. The molecule has 3 aromatic carbocycles. The molecule has 322 valence electrons. The van der Waals surface area contributed by atoms with Crippen LogP contribution in [0.2, 0.25) is 5.02 Å². The van der Waals surface area contributed by atoms with E-state index in [4.69, 9.17) is 30.5 Å². The summed E-state index contributed by atoms with van der Waals surface area (Å²) in [7, 11) is 1.31. The normalized spacial score (nSPS) is 15.5. The Hall–Kier alpha value is -4.86. The van der Waals surface area contributed by atoms with E-state index in [9.17, 15) is 50.9 Å². The van der Waals surface area contributed by atoms with E-state index in [1.807, 2.05) is 0 Å². The molecule has 0 bridgehead atoms. The summed E-state index contributed by atoms with van der Waals surface area (Å²) in [6, 6.07) is 11.8. The molecule has 0 unspecified atom stereocenters. The SMILES string of the molecule is CO[C@@](C(=O)O[C@@H](CC/C(C)=C/CC/C(C)=C/Cc1c(O)c(Cl)c(C)c(C=O)c1O)C(C)(C)OC(=O)[C@](OC)(c1ccccc1)C(F)(F)F)(c1ccccc1)C(F)(F)F. The maximum absolute atomic E-state index is 14.9. The number of allylic oxidation sites excluding steroid dienone is 4. The summed E-state index contributed by atoms with van der Waals surface area (Å²) in [6.07, 6.45) is -8.00. The highest BCUT2D eigenvalue weighted by Gasteiger charge is 2.66. The van der Waals surface area contributed by atoms with Crippen LogP contribution in [-0.4, -0.2) is 66.7 Å². The Morgan fingerprint density at radius 3 is 1.69 bits per heavy atom. The van der Waals surface area contributed by atoms with E-state index in [1.165, 1.54) is 43.3 Å². The highest BCUT2D eigenvalue weighted by atomic mass is 35.5. The van der Waals surface area contributed by atoms with Crippen molar-refractivity contribution in [2.24, 2.45) is 0 Å². The lowest BCUT2D eigenvalue weighted by Crippen LogP contribution is -2.57. The van der Waals surface area contributed by atoms with E-state index in [-0.39, 0.29) is 46.7 Å². The minimum atomic E-state index is -5.39. The first kappa shape index (κ1) is 48.5. The molecule has 0 saturated heterocycles. The van der Waals surface area contributed by atoms with Crippen molar-refractivity contribution in [2.45, 2.75) is 102 Å². The predicted octanol–water partition coefficient (Wildman–Crippen LogP) is 10.3. The summed E-state index contributed by atoms with van der Waals surface area (Å²) in [4.78, 5) is 39.0. The lowest BCUT2D eigenvalue weighted by Gasteiger charge is -2.40. The number of ether oxygens (including phenoxy) is 4. The van der Waals surface area contributed by atoms with Crippen LogP contribution in [0.4, 0.5) is 26.3 Å². The van der Waals surface area contributed by atoms with Crippen LogP contribution in [0.25, 0.3) is 0 Å². The Balaban J connectivity index is 1.95. The fourth-order valence-corrected chi connectivity index (χ4v) is 6.73. The molecule has 0 heterocycles. The molecule has 0 aliphatic carbocycles. The van der Waals surface area contributed by atoms with Gasteiger partial charge < -0.3 is 29.2 Å². The molecule has 0 fully saturated rings. The zero-order chi connectivity index (χ0) is 44.6. The molecule has 2 N–H and O–H groups in total. The van der Waals surface area contributed by atoms with Crippen LogP contribution in [0.3, 0.4) is 0 Å². The fourth-order valence-electron chi connectivity index (χ4n) is 6.51. The Morgan fingerprint density at radius 2 is 1.24 bits per heavy atom. The number of hydrogen-bond donors (Lipinski definition) is 2. The Labute approximate surface area is 343 Å². The lowest BCUT2D eigenvalue weighted by molar-refractivity contribution is -0.289. The highest BCUT2D eigenvalue weighted by Crippen LogP contribution is 2.46. The Bertz CT molecular complexity index is 2010. The molecule has 3 atom stereocenters. The molecule has 0 aromatic heterocycles. The van der Waals surface area contributed by atoms with Gasteiger partial charge in [-0.3, -0.25) is 4.79 Å². The second-order valence-corrected chi connectivity index (χ2v) is 14.8. The van der Waals surface area contributed by atoms with Crippen LogP contribution in [0.1, 0.15) is 86.0 Å². The van der Waals surface area contributed by atoms with Gasteiger partial charge in [0.05, 0.1) is 10.6 Å². The summed E-state index contributed by atoms with van der Waals surface area (Å²) >= 11 is 6.15. The van der Waals surface area contributed by atoms with Crippen molar-refractivity contribution in [3.63, 3.8) is 0 Å². The topological polar surface area (TPSA) is 129 Å². The zero-order valence-corrected chi connectivity index (χ0v) is 34.3. The van der Waals surface area contributed by atoms with Gasteiger partial charge in [-0.05, 0) is 72.3 Å². The third-order valence-electron chi connectivity index (χ3n) is 10.1. The van der Waals surface area contributed by atoms with Crippen molar-refractivity contribution in [1.82, 2.24) is 0 Å². The second kappa shape index (κ2) is 19.5. The third-order valence-corrected chi connectivity index (χ3v) is 10.6. The number of esters is 2. The molecule has 16 heteroatoms. The number of rotatable bonds is 18. The maximum Gasteiger partial charge on any atom is 0.432 e. The van der Waals surface area contributed by atoms with E-state index in [0.717, 1.165) is 43.7 Å². The number of carbonyl (C=O) groups is 3. The molecule has 0 amide bonds. The van der Waals surface area contributed by atoms with Crippen LogP contribution in [0.5, 0.6) is 11.5 Å². The minimum absolute atomic E-state index is 0.0183. The van der Waals surface area contributed by atoms with E-state index in [0.29, 0.717) is 38.9 Å². The second-order valence-electron chi connectivity index (χ2n) is 14.4. The molecule has 0 spiro atoms. The van der Waals surface area contributed by atoms with Crippen molar-refractivity contribution in [3.05, 3.63) is 117 Å². The third kappa shape index (κ3) is 10.3. The monoisotopic (exact) mass is 856 g/mol. The van der Waals surface area contributed by atoms with E-state index in [2.05, 4.69) is 0 Å². The van der Waals surface area contributed by atoms with Gasteiger partial charge in [-0.15, -0.1) is 0 Å². The summed E-state index contributed by atoms with van der Waals surface area (Å²) in [6.45, 7) is 7.16. The zero-order valence-electron chi connectivity index (χ0n) is 33.5. The summed E-state index contributed by atoms with van der Waals surface area (Å²) in [5, 5.41) is 20.9. The van der Waals surface area contributed by atoms with Crippen LogP contribution in [0, 0.1) is 6.92 Å². The quantitative estimate of drug-likeness (QED) is 0.0556. The number of phenolic OH excluding ortho intramolecular Hbond substituents is 2. The van der Waals surface area contributed by atoms with E-state index in [1.54, 1.807) is 26.0 Å². The number of carbonyl (C=O) groups excluding carboxylic acids is 3. The number of aromatic hydroxyl groups is 2. The van der Waals surface area contributed by atoms with Crippen LogP contribution < -0.4 is 0 Å². The molecule has 59 heavy (non-hydrogen) atoms. The summed E-state index contributed by atoms with van der Waals surface area (Å²) < 4.78 is 110. The predicted molar refractivity (Wildman–Crippen MR) is 207 cm³/mol. The molecule has 3 rings (SSSR count). The smallest absolute Gasteiger partial charge is 0.432 e. The molecule has 0 radical (unpaired) electrons. The van der Waals surface area contributed by atoms with Gasteiger partial charge in [0.1, 0.15) is 23.2 Å². The van der Waals surface area contributed by atoms with Crippen LogP contribution in [0.15, 0.2) is 84.0 Å². The Kier molecular flexibility index (Phi) is 16.0. The number of phenols is 2. The van der Waals surface area contributed by atoms with Gasteiger partial charge in [-0.1, -0.05) is 95.6 Å². The molecule has 0 saturated carbocycles. The van der Waals surface area contributed by atoms with Gasteiger partial charge >= 0.3 is 24.3 Å². The molecular weight excluding hydrogens is 810 g/mol. The van der Waals surface area contributed by atoms with Crippen molar-refractivity contribution in [1.29, 1.82) is 0 Å². The van der Waals surface area contributed by atoms with Gasteiger partial charge in [-0.25, -0.2) is 9.59 Å². The van der Waals surface area contributed by atoms with Gasteiger partial charge in [0.15, 0.2) is 6.29 Å². The number of hydrogen-bond acceptors (Lipinski definition) is 9. The number of alkyl halides is 6. The minimum Gasteiger partial charge on any atom is -0.507 e. The first-order valence-electron chi connectivity index (χ1n) is 18.2. The molecule has 0 aliphatic rings. The van der Waals surface area contributed by atoms with Crippen molar-refractivity contribution in [2.75, 3.05) is 14.2 Å². The van der Waals surface area contributed by atoms with Gasteiger partial charge in [0.2, 0.25) is 0 Å².